The van der Waals surface area contributed by atoms with E-state index >= 15 is 0 Å². The SMILES string of the molecule is P.[O-2].[O-2].[Ti+4].[V]. The normalized spacial score (nSPS) is 0. The van der Waals surface area contributed by atoms with Gasteiger partial charge in [-0.1, -0.05) is 0 Å². The molecule has 0 spiro atoms. The van der Waals surface area contributed by atoms with Gasteiger partial charge in [0.25, 0.3) is 0 Å². The van der Waals surface area contributed by atoms with E-state index in [9.17, 15) is 0 Å². The quantitative estimate of drug-likeness (QED) is 0.353. The van der Waals surface area contributed by atoms with Crippen molar-refractivity contribution in [1.29, 1.82) is 0 Å². The molecule has 0 heterocycles. The molecule has 5 heteroatoms. The monoisotopic (exact) mass is 165 g/mol. The van der Waals surface area contributed by atoms with Gasteiger partial charge in [0.1, 0.15) is 0 Å². The minimum Gasteiger partial charge on any atom is -2.00 e. The summed E-state index contributed by atoms with van der Waals surface area (Å²) in [6, 6.07) is 0. The van der Waals surface area contributed by atoms with Gasteiger partial charge < -0.3 is 11.0 Å². The van der Waals surface area contributed by atoms with Gasteiger partial charge in [-0.05, 0) is 0 Å². The minimum atomic E-state index is 0. The average molecular weight is 165 g/mol. The number of rotatable bonds is 0. The average Bonchev–Trinajstić information content (AvgIpc) is 0. The summed E-state index contributed by atoms with van der Waals surface area (Å²) >= 11 is 0. The Balaban J connectivity index is 0. The van der Waals surface area contributed by atoms with Crippen molar-refractivity contribution in [1.82, 2.24) is 0 Å². The van der Waals surface area contributed by atoms with E-state index < -0.39 is 0 Å². The first kappa shape index (κ1) is 78.0. The van der Waals surface area contributed by atoms with E-state index in [1.54, 1.807) is 0 Å². The Labute approximate surface area is 61.1 Å². The van der Waals surface area contributed by atoms with Crippen LogP contribution >= 0.6 is 9.90 Å². The third kappa shape index (κ3) is 27.7. The Morgan fingerprint density at radius 3 is 0.800 bits per heavy atom. The van der Waals surface area contributed by atoms with Crippen LogP contribution in [-0.4, -0.2) is 0 Å². The second-order valence-corrected chi connectivity index (χ2v) is 0. The molecule has 1 unspecified atom stereocenters. The molecule has 0 saturated carbocycles. The van der Waals surface area contributed by atoms with Crippen LogP contribution in [-0.2, 0) is 51.2 Å². The van der Waals surface area contributed by atoms with Gasteiger partial charge in [-0.15, -0.1) is 0 Å². The first-order valence-corrected chi connectivity index (χ1v) is 0. The smallest absolute Gasteiger partial charge is 2.00 e. The van der Waals surface area contributed by atoms with Gasteiger partial charge in [0.05, 0.1) is 0 Å². The molecule has 5 heavy (non-hydrogen) atoms. The summed E-state index contributed by atoms with van der Waals surface area (Å²) in [5.74, 6) is 0. The molecule has 29 valence electrons. The van der Waals surface area contributed by atoms with Crippen molar-refractivity contribution in [3.05, 3.63) is 0 Å². The van der Waals surface area contributed by atoms with Crippen LogP contribution < -0.4 is 0 Å². The van der Waals surface area contributed by atoms with Gasteiger partial charge in [0.2, 0.25) is 0 Å². The molecule has 0 saturated heterocycles. The van der Waals surface area contributed by atoms with E-state index in [1.807, 2.05) is 0 Å². The Bertz CT molecular complexity index is 9.61. The van der Waals surface area contributed by atoms with Crippen molar-refractivity contribution in [3.8, 4) is 0 Å². The summed E-state index contributed by atoms with van der Waals surface area (Å²) in [5, 5.41) is 0. The van der Waals surface area contributed by atoms with E-state index in [1.165, 1.54) is 0 Å². The van der Waals surface area contributed by atoms with Crippen molar-refractivity contribution in [2.75, 3.05) is 0 Å². The van der Waals surface area contributed by atoms with Crippen molar-refractivity contribution >= 4 is 9.90 Å². The topological polar surface area (TPSA) is 57.0 Å². The molecule has 1 atom stereocenters. The Morgan fingerprint density at radius 1 is 0.800 bits per heavy atom. The Kier molecular flexibility index (Phi) is 701. The molecular formula is H3O2PTiV. The predicted octanol–water partition coefficient (Wildman–Crippen LogP) is -0.184. The van der Waals surface area contributed by atoms with E-state index in [0.29, 0.717) is 0 Å². The van der Waals surface area contributed by atoms with Crippen molar-refractivity contribution in [2.24, 2.45) is 0 Å². The molecule has 0 aliphatic carbocycles. The third-order valence-corrected chi connectivity index (χ3v) is 0. The second kappa shape index (κ2) is 44.9. The van der Waals surface area contributed by atoms with Crippen LogP contribution in [0.4, 0.5) is 0 Å². The van der Waals surface area contributed by atoms with E-state index in [0.717, 1.165) is 0 Å². The molecule has 0 aliphatic heterocycles. The summed E-state index contributed by atoms with van der Waals surface area (Å²) in [7, 11) is 0. The summed E-state index contributed by atoms with van der Waals surface area (Å²) in [4.78, 5) is 0. The zero-order chi connectivity index (χ0) is 0. The van der Waals surface area contributed by atoms with Crippen LogP contribution in [0.25, 0.3) is 0 Å². The molecule has 0 aromatic heterocycles. The van der Waals surface area contributed by atoms with Crippen LogP contribution in [0.15, 0.2) is 0 Å². The first-order valence-electron chi connectivity index (χ1n) is 0. The molecular weight excluding hydrogens is 162 g/mol. The van der Waals surface area contributed by atoms with E-state index in [4.69, 9.17) is 0 Å². The van der Waals surface area contributed by atoms with Crippen LogP contribution in [0.2, 0.25) is 0 Å². The summed E-state index contributed by atoms with van der Waals surface area (Å²) in [6.45, 7) is 0. The minimum absolute atomic E-state index is 0. The molecule has 0 bridgehead atoms. The molecule has 0 aromatic rings. The zero-order valence-corrected chi connectivity index (χ0v) is 6.84. The molecule has 0 aliphatic rings. The predicted molar refractivity (Wildman–Crippen MR) is 12.5 cm³/mol. The molecule has 0 aromatic carbocycles. The molecule has 0 amide bonds. The maximum Gasteiger partial charge on any atom is 4.00 e. The second-order valence-electron chi connectivity index (χ2n) is 0. The third-order valence-electron chi connectivity index (χ3n) is 0. The first-order chi connectivity index (χ1) is 0. The van der Waals surface area contributed by atoms with Crippen LogP contribution in [0.1, 0.15) is 0 Å². The largest absolute Gasteiger partial charge is 4.00 e. The number of hydrogen-bond acceptors (Lipinski definition) is 0. The van der Waals surface area contributed by atoms with Crippen molar-refractivity contribution in [3.63, 3.8) is 0 Å². The van der Waals surface area contributed by atoms with Gasteiger partial charge in [0.15, 0.2) is 0 Å². The maximum absolute atomic E-state index is 0. The van der Waals surface area contributed by atoms with Crippen molar-refractivity contribution in [2.45, 2.75) is 0 Å². The van der Waals surface area contributed by atoms with Gasteiger partial charge in [-0.25, -0.2) is 0 Å². The molecule has 2 nitrogen and oxygen atoms in total. The fourth-order valence-corrected chi connectivity index (χ4v) is 0. The molecule has 1 radical (unpaired) electrons. The van der Waals surface area contributed by atoms with Crippen molar-refractivity contribution < 1.29 is 51.2 Å². The summed E-state index contributed by atoms with van der Waals surface area (Å²) in [6.07, 6.45) is 0. The molecule has 0 fully saturated rings. The number of hydrogen-bond donors (Lipinski definition) is 0. The maximum atomic E-state index is 0. The Morgan fingerprint density at radius 2 is 0.800 bits per heavy atom. The molecule has 0 N–H and O–H groups in total. The fourth-order valence-electron chi connectivity index (χ4n) is 0. The van der Waals surface area contributed by atoms with Crippen LogP contribution in [0, 0.1) is 0 Å². The van der Waals surface area contributed by atoms with Gasteiger partial charge in [0, 0.05) is 18.6 Å². The fraction of sp³-hybridized carbons (Fsp3) is 0. The van der Waals surface area contributed by atoms with Crippen LogP contribution in [0.3, 0.4) is 0 Å². The van der Waals surface area contributed by atoms with Gasteiger partial charge in [-0.3, -0.25) is 0 Å². The van der Waals surface area contributed by atoms with Gasteiger partial charge >= 0.3 is 21.7 Å². The van der Waals surface area contributed by atoms with Gasteiger partial charge in [-0.2, -0.15) is 9.90 Å². The zero-order valence-electron chi connectivity index (χ0n) is 2.47. The summed E-state index contributed by atoms with van der Waals surface area (Å²) in [5.41, 5.74) is 0. The van der Waals surface area contributed by atoms with Crippen LogP contribution in [0.5, 0.6) is 0 Å². The summed E-state index contributed by atoms with van der Waals surface area (Å²) < 4.78 is 0. The van der Waals surface area contributed by atoms with E-state index in [-0.39, 0.29) is 61.1 Å². The molecule has 0 rings (SSSR count). The van der Waals surface area contributed by atoms with E-state index in [2.05, 4.69) is 0 Å². The standard InChI is InChI=1S/2O.H3P.Ti.V/h;;1H3;;/q2*-2;;+4;. The Hall–Kier alpha value is 1.65.